The molecule has 1 aromatic rings. The topological polar surface area (TPSA) is 41.9 Å². The van der Waals surface area contributed by atoms with Gasteiger partial charge in [0.1, 0.15) is 17.6 Å². The van der Waals surface area contributed by atoms with Crippen LogP contribution in [-0.2, 0) is 13.0 Å². The van der Waals surface area contributed by atoms with Gasteiger partial charge in [-0.1, -0.05) is 6.92 Å². The molecule has 1 aliphatic rings. The van der Waals surface area contributed by atoms with Crippen molar-refractivity contribution in [3.05, 3.63) is 23.3 Å². The van der Waals surface area contributed by atoms with E-state index in [4.69, 9.17) is 9.47 Å². The Kier molecular flexibility index (Phi) is 5.26. The van der Waals surface area contributed by atoms with Gasteiger partial charge in [-0.25, -0.2) is 0 Å². The van der Waals surface area contributed by atoms with Crippen LogP contribution in [0.15, 0.2) is 12.1 Å². The summed E-state index contributed by atoms with van der Waals surface area (Å²) in [5.41, 5.74) is 2.39. The van der Waals surface area contributed by atoms with E-state index in [-0.39, 0.29) is 12.7 Å². The summed E-state index contributed by atoms with van der Waals surface area (Å²) in [6.07, 6.45) is 2.24. The number of hydrogen-bond donors (Lipinski definition) is 1. The molecule has 1 atom stereocenters. The number of fused-ring (bicyclic) bond motifs is 1. The van der Waals surface area contributed by atoms with E-state index < -0.39 is 0 Å². The van der Waals surface area contributed by atoms with Crippen molar-refractivity contribution in [3.8, 4) is 11.5 Å². The summed E-state index contributed by atoms with van der Waals surface area (Å²) >= 11 is 0. The lowest BCUT2D eigenvalue weighted by atomic mass is 10.1. The second-order valence-corrected chi connectivity index (χ2v) is 5.41. The van der Waals surface area contributed by atoms with Gasteiger partial charge in [-0.05, 0) is 32.0 Å². The largest absolute Gasteiger partial charge is 0.497 e. The summed E-state index contributed by atoms with van der Waals surface area (Å²) in [5, 5.41) is 9.18. The molecule has 1 unspecified atom stereocenters. The van der Waals surface area contributed by atoms with E-state index in [0.29, 0.717) is 6.54 Å². The molecular weight excluding hydrogens is 254 g/mol. The number of methoxy groups -OCH3 is 1. The summed E-state index contributed by atoms with van der Waals surface area (Å²) in [6.45, 7) is 6.88. The van der Waals surface area contributed by atoms with Crippen molar-refractivity contribution in [2.75, 3.05) is 26.8 Å². The zero-order valence-corrected chi connectivity index (χ0v) is 12.7. The van der Waals surface area contributed by atoms with Gasteiger partial charge in [-0.15, -0.1) is 0 Å². The fourth-order valence-electron chi connectivity index (χ4n) is 2.78. The van der Waals surface area contributed by atoms with E-state index in [0.717, 1.165) is 43.0 Å². The average molecular weight is 279 g/mol. The fraction of sp³-hybridized carbons (Fsp3) is 0.625. The molecule has 0 bridgehead atoms. The minimum atomic E-state index is 0.184. The molecule has 0 aliphatic carbocycles. The quantitative estimate of drug-likeness (QED) is 0.831. The van der Waals surface area contributed by atoms with Crippen LogP contribution < -0.4 is 9.47 Å². The van der Waals surface area contributed by atoms with Crippen molar-refractivity contribution < 1.29 is 14.6 Å². The molecule has 0 amide bonds. The highest BCUT2D eigenvalue weighted by Crippen LogP contribution is 2.36. The molecule has 2 rings (SSSR count). The molecule has 1 aliphatic heterocycles. The molecule has 0 spiro atoms. The molecule has 4 heteroatoms. The van der Waals surface area contributed by atoms with Crippen LogP contribution in [0.3, 0.4) is 0 Å². The molecule has 0 aromatic heterocycles. The standard InChI is InChI=1S/C16H25NO3/c1-4-5-17(6-7-18)11-14-10-15(19-3)9-13-8-12(2)20-16(13)14/h9-10,12,18H,4-8,11H2,1-3H3. The molecule has 20 heavy (non-hydrogen) atoms. The van der Waals surface area contributed by atoms with Crippen LogP contribution in [-0.4, -0.2) is 42.9 Å². The Labute approximate surface area is 121 Å². The van der Waals surface area contributed by atoms with Crippen molar-refractivity contribution in [2.24, 2.45) is 0 Å². The third kappa shape index (κ3) is 3.44. The Morgan fingerprint density at radius 3 is 2.85 bits per heavy atom. The monoisotopic (exact) mass is 279 g/mol. The van der Waals surface area contributed by atoms with Crippen LogP contribution in [0.5, 0.6) is 11.5 Å². The minimum Gasteiger partial charge on any atom is -0.497 e. The number of aliphatic hydroxyl groups is 1. The first kappa shape index (κ1) is 15.1. The number of benzene rings is 1. The highest BCUT2D eigenvalue weighted by molar-refractivity contribution is 5.49. The zero-order valence-electron chi connectivity index (χ0n) is 12.7. The number of hydrogen-bond acceptors (Lipinski definition) is 4. The predicted molar refractivity (Wildman–Crippen MR) is 79.4 cm³/mol. The summed E-state index contributed by atoms with van der Waals surface area (Å²) in [6, 6.07) is 4.12. The summed E-state index contributed by atoms with van der Waals surface area (Å²) in [4.78, 5) is 2.25. The first-order valence-electron chi connectivity index (χ1n) is 7.37. The molecule has 1 heterocycles. The molecule has 1 aromatic carbocycles. The van der Waals surface area contributed by atoms with E-state index in [2.05, 4.69) is 30.9 Å². The molecule has 0 radical (unpaired) electrons. The highest BCUT2D eigenvalue weighted by atomic mass is 16.5. The lowest BCUT2D eigenvalue weighted by molar-refractivity contribution is 0.186. The van der Waals surface area contributed by atoms with Crippen LogP contribution >= 0.6 is 0 Å². The Morgan fingerprint density at radius 1 is 1.40 bits per heavy atom. The van der Waals surface area contributed by atoms with Crippen molar-refractivity contribution in [2.45, 2.75) is 39.3 Å². The SMILES string of the molecule is CCCN(CCO)Cc1cc(OC)cc2c1OC(C)C2. The summed E-state index contributed by atoms with van der Waals surface area (Å²) in [5.74, 6) is 1.90. The van der Waals surface area contributed by atoms with E-state index in [9.17, 15) is 5.11 Å². The normalized spacial score (nSPS) is 17.1. The van der Waals surface area contributed by atoms with E-state index in [1.54, 1.807) is 7.11 Å². The lowest BCUT2D eigenvalue weighted by Crippen LogP contribution is -2.27. The zero-order chi connectivity index (χ0) is 14.5. The molecular formula is C16H25NO3. The van der Waals surface area contributed by atoms with E-state index in [1.165, 1.54) is 5.56 Å². The van der Waals surface area contributed by atoms with Gasteiger partial charge in [0.2, 0.25) is 0 Å². The van der Waals surface area contributed by atoms with Gasteiger partial charge in [0.05, 0.1) is 13.7 Å². The van der Waals surface area contributed by atoms with Gasteiger partial charge < -0.3 is 14.6 Å². The van der Waals surface area contributed by atoms with Gasteiger partial charge in [0, 0.05) is 30.6 Å². The van der Waals surface area contributed by atoms with Crippen LogP contribution in [0.1, 0.15) is 31.4 Å². The third-order valence-corrected chi connectivity index (χ3v) is 3.63. The minimum absolute atomic E-state index is 0.184. The summed E-state index contributed by atoms with van der Waals surface area (Å²) in [7, 11) is 1.70. The maximum Gasteiger partial charge on any atom is 0.127 e. The highest BCUT2D eigenvalue weighted by Gasteiger charge is 2.24. The second-order valence-electron chi connectivity index (χ2n) is 5.41. The molecule has 112 valence electrons. The van der Waals surface area contributed by atoms with Gasteiger partial charge >= 0.3 is 0 Å². The second kappa shape index (κ2) is 6.95. The molecule has 1 N–H and O–H groups in total. The molecule has 0 fully saturated rings. The summed E-state index contributed by atoms with van der Waals surface area (Å²) < 4.78 is 11.3. The van der Waals surface area contributed by atoms with Gasteiger partial charge in [0.15, 0.2) is 0 Å². The smallest absolute Gasteiger partial charge is 0.127 e. The lowest BCUT2D eigenvalue weighted by Gasteiger charge is -2.22. The van der Waals surface area contributed by atoms with Crippen LogP contribution in [0, 0.1) is 0 Å². The van der Waals surface area contributed by atoms with Gasteiger partial charge in [-0.3, -0.25) is 4.90 Å². The first-order valence-corrected chi connectivity index (χ1v) is 7.37. The van der Waals surface area contributed by atoms with Crippen molar-refractivity contribution in [1.29, 1.82) is 0 Å². The maximum atomic E-state index is 9.18. The fourth-order valence-corrected chi connectivity index (χ4v) is 2.78. The van der Waals surface area contributed by atoms with Gasteiger partial charge in [0.25, 0.3) is 0 Å². The number of ether oxygens (including phenoxy) is 2. The van der Waals surface area contributed by atoms with E-state index >= 15 is 0 Å². The van der Waals surface area contributed by atoms with Crippen molar-refractivity contribution in [3.63, 3.8) is 0 Å². The Hall–Kier alpha value is -1.26. The number of rotatable bonds is 7. The first-order chi connectivity index (χ1) is 9.67. The van der Waals surface area contributed by atoms with Crippen molar-refractivity contribution >= 4 is 0 Å². The Bertz CT molecular complexity index is 442. The average Bonchev–Trinajstić information content (AvgIpc) is 2.79. The Balaban J connectivity index is 2.23. The predicted octanol–water partition coefficient (Wildman–Crippen LogP) is 2.22. The Morgan fingerprint density at radius 2 is 2.20 bits per heavy atom. The molecule has 0 saturated carbocycles. The maximum absolute atomic E-state index is 9.18. The van der Waals surface area contributed by atoms with E-state index in [1.807, 2.05) is 0 Å². The molecule has 0 saturated heterocycles. The van der Waals surface area contributed by atoms with Crippen LogP contribution in [0.2, 0.25) is 0 Å². The number of aliphatic hydroxyl groups excluding tert-OH is 1. The van der Waals surface area contributed by atoms with Crippen LogP contribution in [0.4, 0.5) is 0 Å². The van der Waals surface area contributed by atoms with Crippen LogP contribution in [0.25, 0.3) is 0 Å². The number of nitrogens with zero attached hydrogens (tertiary/aromatic N) is 1. The van der Waals surface area contributed by atoms with Crippen molar-refractivity contribution in [1.82, 2.24) is 4.90 Å². The van der Waals surface area contributed by atoms with Gasteiger partial charge in [-0.2, -0.15) is 0 Å². The molecule has 4 nitrogen and oxygen atoms in total. The third-order valence-electron chi connectivity index (χ3n) is 3.63.